The Balaban J connectivity index is 1.88. The lowest BCUT2D eigenvalue weighted by Crippen LogP contribution is -2.41. The van der Waals surface area contributed by atoms with Gasteiger partial charge in [-0.15, -0.1) is 0 Å². The molecule has 0 spiro atoms. The van der Waals surface area contributed by atoms with Crippen LogP contribution in [0.15, 0.2) is 0 Å². The van der Waals surface area contributed by atoms with E-state index in [-0.39, 0.29) is 5.60 Å². The number of hydrogen-bond acceptors (Lipinski definition) is 1. The summed E-state index contributed by atoms with van der Waals surface area (Å²) in [7, 11) is 0. The van der Waals surface area contributed by atoms with Crippen LogP contribution in [0, 0.1) is 17.8 Å². The lowest BCUT2D eigenvalue weighted by molar-refractivity contribution is -0.0571. The molecule has 2 rings (SSSR count). The van der Waals surface area contributed by atoms with Crippen molar-refractivity contribution in [1.82, 2.24) is 0 Å². The molecule has 1 nitrogen and oxygen atoms in total. The van der Waals surface area contributed by atoms with Gasteiger partial charge in [0.2, 0.25) is 0 Å². The Kier molecular flexibility index (Phi) is 4.52. The predicted molar refractivity (Wildman–Crippen MR) is 72.9 cm³/mol. The van der Waals surface area contributed by atoms with Crippen molar-refractivity contribution < 1.29 is 5.11 Å². The van der Waals surface area contributed by atoms with Gasteiger partial charge in [0.15, 0.2) is 0 Å². The molecular weight excluding hydrogens is 208 g/mol. The Morgan fingerprint density at radius 3 is 2.59 bits per heavy atom. The molecule has 0 aromatic rings. The molecule has 0 aliphatic heterocycles. The average molecular weight is 238 g/mol. The predicted octanol–water partition coefficient (Wildman–Crippen LogP) is 4.53. The van der Waals surface area contributed by atoms with E-state index in [4.69, 9.17) is 0 Å². The van der Waals surface area contributed by atoms with Gasteiger partial charge in [0.25, 0.3) is 0 Å². The first kappa shape index (κ1) is 13.4. The zero-order chi connectivity index (χ0) is 12.3. The first-order valence-electron chi connectivity index (χ1n) is 7.89. The second-order valence-electron chi connectivity index (χ2n) is 6.71. The molecule has 2 saturated carbocycles. The summed E-state index contributed by atoms with van der Waals surface area (Å²) in [5.41, 5.74) is -0.298. The molecule has 0 bridgehead atoms. The van der Waals surface area contributed by atoms with Crippen LogP contribution in [0.5, 0.6) is 0 Å². The van der Waals surface area contributed by atoms with Crippen LogP contribution < -0.4 is 0 Å². The number of rotatable bonds is 4. The average Bonchev–Trinajstić information content (AvgIpc) is 2.30. The van der Waals surface area contributed by atoms with Gasteiger partial charge in [-0.1, -0.05) is 39.5 Å². The minimum atomic E-state index is -0.298. The van der Waals surface area contributed by atoms with Crippen LogP contribution in [0.1, 0.15) is 78.1 Å². The van der Waals surface area contributed by atoms with Gasteiger partial charge in [-0.05, 0) is 56.3 Å². The van der Waals surface area contributed by atoms with Gasteiger partial charge in [-0.25, -0.2) is 0 Å². The third kappa shape index (κ3) is 3.24. The van der Waals surface area contributed by atoms with Crippen LogP contribution >= 0.6 is 0 Å². The standard InChI is InChI=1S/C16H30O/c1-3-5-13-6-7-15-12-16(17,9-4-2)10-8-14(15)11-13/h13-15,17H,3-12H2,1-2H3. The van der Waals surface area contributed by atoms with Crippen molar-refractivity contribution in [3.05, 3.63) is 0 Å². The second-order valence-corrected chi connectivity index (χ2v) is 6.71. The van der Waals surface area contributed by atoms with Crippen LogP contribution in [0.4, 0.5) is 0 Å². The van der Waals surface area contributed by atoms with E-state index >= 15 is 0 Å². The van der Waals surface area contributed by atoms with Gasteiger partial charge >= 0.3 is 0 Å². The molecule has 0 aromatic carbocycles. The van der Waals surface area contributed by atoms with Crippen molar-refractivity contribution in [1.29, 1.82) is 0 Å². The summed E-state index contributed by atoms with van der Waals surface area (Å²) in [6.07, 6.45) is 12.7. The van der Waals surface area contributed by atoms with E-state index < -0.39 is 0 Å². The lowest BCUT2D eigenvalue weighted by Gasteiger charge is -2.46. The molecule has 4 unspecified atom stereocenters. The highest BCUT2D eigenvalue weighted by Gasteiger charge is 2.41. The zero-order valence-corrected chi connectivity index (χ0v) is 11.8. The highest BCUT2D eigenvalue weighted by atomic mass is 16.3. The first-order valence-corrected chi connectivity index (χ1v) is 7.89. The molecule has 17 heavy (non-hydrogen) atoms. The number of aliphatic hydroxyl groups is 1. The van der Waals surface area contributed by atoms with E-state index in [0.29, 0.717) is 0 Å². The summed E-state index contributed by atoms with van der Waals surface area (Å²) < 4.78 is 0. The maximum Gasteiger partial charge on any atom is 0.0650 e. The topological polar surface area (TPSA) is 20.2 Å². The monoisotopic (exact) mass is 238 g/mol. The summed E-state index contributed by atoms with van der Waals surface area (Å²) in [4.78, 5) is 0. The molecule has 0 radical (unpaired) electrons. The Morgan fingerprint density at radius 1 is 1.06 bits per heavy atom. The van der Waals surface area contributed by atoms with Crippen LogP contribution in [-0.2, 0) is 0 Å². The van der Waals surface area contributed by atoms with Crippen molar-refractivity contribution in [2.24, 2.45) is 17.8 Å². The van der Waals surface area contributed by atoms with Gasteiger partial charge in [0, 0.05) is 0 Å². The summed E-state index contributed by atoms with van der Waals surface area (Å²) >= 11 is 0. The molecule has 1 heteroatoms. The van der Waals surface area contributed by atoms with Gasteiger partial charge in [0.1, 0.15) is 0 Å². The molecule has 0 amide bonds. The molecule has 4 atom stereocenters. The SMILES string of the molecule is CCCC1CCC2CC(O)(CCC)CCC2C1. The molecule has 2 fully saturated rings. The number of fused-ring (bicyclic) bond motifs is 1. The fourth-order valence-corrected chi connectivity index (χ4v) is 4.45. The Labute approximate surface area is 107 Å². The van der Waals surface area contributed by atoms with E-state index in [1.807, 2.05) is 0 Å². The van der Waals surface area contributed by atoms with E-state index in [1.165, 1.54) is 38.5 Å². The number of hydrogen-bond donors (Lipinski definition) is 1. The fraction of sp³-hybridized carbons (Fsp3) is 1.00. The van der Waals surface area contributed by atoms with Crippen LogP contribution in [0.3, 0.4) is 0 Å². The fourth-order valence-electron chi connectivity index (χ4n) is 4.45. The minimum Gasteiger partial charge on any atom is -0.390 e. The van der Waals surface area contributed by atoms with Crippen molar-refractivity contribution >= 4 is 0 Å². The zero-order valence-electron chi connectivity index (χ0n) is 11.8. The van der Waals surface area contributed by atoms with Gasteiger partial charge in [0.05, 0.1) is 5.60 Å². The summed E-state index contributed by atoms with van der Waals surface area (Å²) in [6, 6.07) is 0. The third-order valence-corrected chi connectivity index (χ3v) is 5.28. The molecule has 0 saturated heterocycles. The largest absolute Gasteiger partial charge is 0.390 e. The normalized spacial score (nSPS) is 42.2. The van der Waals surface area contributed by atoms with Crippen molar-refractivity contribution in [3.63, 3.8) is 0 Å². The second kappa shape index (κ2) is 5.73. The molecular formula is C16H30O. The highest BCUT2D eigenvalue weighted by Crippen LogP contribution is 2.47. The Bertz CT molecular complexity index is 238. The Hall–Kier alpha value is -0.0400. The van der Waals surface area contributed by atoms with Crippen LogP contribution in [0.2, 0.25) is 0 Å². The molecule has 100 valence electrons. The van der Waals surface area contributed by atoms with E-state index in [9.17, 15) is 5.11 Å². The van der Waals surface area contributed by atoms with Gasteiger partial charge < -0.3 is 5.11 Å². The molecule has 2 aliphatic carbocycles. The van der Waals surface area contributed by atoms with Crippen molar-refractivity contribution in [2.45, 2.75) is 83.7 Å². The van der Waals surface area contributed by atoms with E-state index in [0.717, 1.165) is 43.4 Å². The summed E-state index contributed by atoms with van der Waals surface area (Å²) in [5.74, 6) is 2.78. The molecule has 0 heterocycles. The molecule has 0 aromatic heterocycles. The molecule has 2 aliphatic rings. The smallest absolute Gasteiger partial charge is 0.0650 e. The van der Waals surface area contributed by atoms with Crippen molar-refractivity contribution in [3.8, 4) is 0 Å². The minimum absolute atomic E-state index is 0.298. The maximum atomic E-state index is 10.6. The third-order valence-electron chi connectivity index (χ3n) is 5.28. The van der Waals surface area contributed by atoms with Crippen molar-refractivity contribution in [2.75, 3.05) is 0 Å². The maximum absolute atomic E-state index is 10.6. The van der Waals surface area contributed by atoms with Crippen LogP contribution in [-0.4, -0.2) is 10.7 Å². The van der Waals surface area contributed by atoms with E-state index in [2.05, 4.69) is 13.8 Å². The quantitative estimate of drug-likeness (QED) is 0.762. The summed E-state index contributed by atoms with van der Waals surface area (Å²) in [6.45, 7) is 4.51. The Morgan fingerprint density at radius 2 is 1.88 bits per heavy atom. The lowest BCUT2D eigenvalue weighted by atomic mass is 9.62. The highest BCUT2D eigenvalue weighted by molar-refractivity contribution is 4.93. The molecule has 1 N–H and O–H groups in total. The van der Waals surface area contributed by atoms with Gasteiger partial charge in [-0.3, -0.25) is 0 Å². The van der Waals surface area contributed by atoms with E-state index in [1.54, 1.807) is 0 Å². The summed E-state index contributed by atoms with van der Waals surface area (Å²) in [5, 5.41) is 10.6. The van der Waals surface area contributed by atoms with Crippen LogP contribution in [0.25, 0.3) is 0 Å². The van der Waals surface area contributed by atoms with Gasteiger partial charge in [-0.2, -0.15) is 0 Å². The first-order chi connectivity index (χ1) is 8.17.